The van der Waals surface area contributed by atoms with Crippen molar-refractivity contribution in [3.63, 3.8) is 0 Å². The molecule has 1 heterocycles. The quantitative estimate of drug-likeness (QED) is 0.752. The molecule has 4 nitrogen and oxygen atoms in total. The number of benzene rings is 2. The molecule has 0 spiro atoms. The minimum Gasteiger partial charge on any atom is -0.491 e. The Balaban J connectivity index is 1.32. The van der Waals surface area contributed by atoms with Crippen LogP contribution in [0.1, 0.15) is 48.9 Å². The van der Waals surface area contributed by atoms with Crippen LogP contribution in [0.25, 0.3) is 0 Å². The summed E-state index contributed by atoms with van der Waals surface area (Å²) in [6, 6.07) is 16.3. The van der Waals surface area contributed by atoms with Crippen molar-refractivity contribution in [1.29, 1.82) is 0 Å². The highest BCUT2D eigenvalue weighted by Gasteiger charge is 2.30. The van der Waals surface area contributed by atoms with E-state index in [1.54, 1.807) is 0 Å². The first-order chi connectivity index (χ1) is 14.1. The number of nitrogens with one attached hydrogen (secondary N) is 1. The van der Waals surface area contributed by atoms with Gasteiger partial charge in [0, 0.05) is 30.7 Å². The molecular weight excluding hydrogens is 360 g/mol. The van der Waals surface area contributed by atoms with Crippen molar-refractivity contribution in [3.8, 4) is 5.75 Å². The lowest BCUT2D eigenvalue weighted by Gasteiger charge is -2.37. The molecule has 156 valence electrons. The van der Waals surface area contributed by atoms with E-state index in [1.807, 2.05) is 19.9 Å². The van der Waals surface area contributed by atoms with Crippen LogP contribution in [0.5, 0.6) is 5.75 Å². The minimum atomic E-state index is 0.00926. The average Bonchev–Trinajstić information content (AvgIpc) is 3.17. The monoisotopic (exact) mass is 394 g/mol. The van der Waals surface area contributed by atoms with Crippen molar-refractivity contribution in [2.45, 2.75) is 70.9 Å². The van der Waals surface area contributed by atoms with E-state index in [0.29, 0.717) is 12.1 Å². The van der Waals surface area contributed by atoms with Crippen molar-refractivity contribution < 1.29 is 9.84 Å². The summed E-state index contributed by atoms with van der Waals surface area (Å²) in [5, 5.41) is 13.5. The van der Waals surface area contributed by atoms with E-state index in [9.17, 15) is 5.11 Å². The van der Waals surface area contributed by atoms with Crippen molar-refractivity contribution in [3.05, 3.63) is 64.7 Å². The predicted molar refractivity (Wildman–Crippen MR) is 117 cm³/mol. The largest absolute Gasteiger partial charge is 0.491 e. The number of rotatable bonds is 7. The van der Waals surface area contributed by atoms with Crippen molar-refractivity contribution in [1.82, 2.24) is 10.2 Å². The van der Waals surface area contributed by atoms with Crippen LogP contribution in [-0.2, 0) is 26.0 Å². The molecule has 0 unspecified atom stereocenters. The molecule has 2 aromatic carbocycles. The van der Waals surface area contributed by atoms with Crippen molar-refractivity contribution in [2.75, 3.05) is 13.1 Å². The maximum atomic E-state index is 9.70. The first-order valence-electron chi connectivity index (χ1n) is 11.1. The molecule has 0 aromatic heterocycles. The maximum Gasteiger partial charge on any atom is 0.125 e. The van der Waals surface area contributed by atoms with Crippen LogP contribution in [0.4, 0.5) is 0 Å². The molecule has 2 aromatic rings. The van der Waals surface area contributed by atoms with Crippen molar-refractivity contribution in [2.24, 2.45) is 0 Å². The van der Waals surface area contributed by atoms with Crippen LogP contribution in [0.15, 0.2) is 42.5 Å². The molecule has 2 aliphatic rings. The molecule has 1 aliphatic carbocycles. The molecule has 2 N–H and O–H groups in total. The Bertz CT molecular complexity index is 795. The molecule has 0 bridgehead atoms. The second-order valence-corrected chi connectivity index (χ2v) is 8.81. The van der Waals surface area contributed by atoms with Gasteiger partial charge in [-0.2, -0.15) is 0 Å². The lowest BCUT2D eigenvalue weighted by Crippen LogP contribution is -2.49. The van der Waals surface area contributed by atoms with E-state index in [4.69, 9.17) is 4.74 Å². The van der Waals surface area contributed by atoms with Gasteiger partial charge in [0.15, 0.2) is 0 Å². The predicted octanol–water partition coefficient (Wildman–Crippen LogP) is 3.69. The fraction of sp³-hybridized carbons (Fsp3) is 0.520. The molecule has 0 saturated carbocycles. The Labute approximate surface area is 174 Å². The number of nitrogens with zero attached hydrogens (tertiary/aromatic N) is 1. The number of likely N-dealkylation sites (tertiary alicyclic amines) is 1. The van der Waals surface area contributed by atoms with Gasteiger partial charge < -0.3 is 15.2 Å². The van der Waals surface area contributed by atoms with E-state index in [1.165, 1.54) is 48.9 Å². The second-order valence-electron chi connectivity index (χ2n) is 8.81. The van der Waals surface area contributed by atoms with Crippen LogP contribution < -0.4 is 10.1 Å². The number of aliphatic hydroxyl groups is 1. The summed E-state index contributed by atoms with van der Waals surface area (Å²) < 4.78 is 5.80. The third-order valence-electron chi connectivity index (χ3n) is 6.25. The first kappa shape index (κ1) is 20.4. The average molecular weight is 395 g/mol. The molecule has 4 rings (SSSR count). The van der Waals surface area contributed by atoms with E-state index in [-0.39, 0.29) is 12.7 Å². The highest BCUT2D eigenvalue weighted by Crippen LogP contribution is 2.27. The first-order valence-corrected chi connectivity index (χ1v) is 11.1. The van der Waals surface area contributed by atoms with Crippen LogP contribution in [0.2, 0.25) is 0 Å². The van der Waals surface area contributed by atoms with E-state index in [2.05, 4.69) is 46.6 Å². The summed E-state index contributed by atoms with van der Waals surface area (Å²) in [7, 11) is 0. The van der Waals surface area contributed by atoms with Gasteiger partial charge in [0.25, 0.3) is 0 Å². The summed E-state index contributed by atoms with van der Waals surface area (Å²) in [5.41, 5.74) is 5.14. The minimum absolute atomic E-state index is 0.00926. The van der Waals surface area contributed by atoms with Gasteiger partial charge in [-0.15, -0.1) is 0 Å². The number of piperidine rings is 1. The number of hydrogen-bond acceptors (Lipinski definition) is 4. The summed E-state index contributed by atoms with van der Waals surface area (Å²) in [5.74, 6) is 0.788. The van der Waals surface area contributed by atoms with Crippen LogP contribution >= 0.6 is 0 Å². The number of ether oxygens (including phenoxy) is 1. The Morgan fingerprint density at radius 2 is 1.90 bits per heavy atom. The third-order valence-corrected chi connectivity index (χ3v) is 6.25. The van der Waals surface area contributed by atoms with Gasteiger partial charge in [0.2, 0.25) is 0 Å². The van der Waals surface area contributed by atoms with E-state index in [0.717, 1.165) is 24.4 Å². The molecule has 0 radical (unpaired) electrons. The highest BCUT2D eigenvalue weighted by atomic mass is 16.5. The summed E-state index contributed by atoms with van der Waals surface area (Å²) >= 11 is 0. The van der Waals surface area contributed by atoms with Gasteiger partial charge >= 0.3 is 0 Å². The van der Waals surface area contributed by atoms with E-state index >= 15 is 0 Å². The van der Waals surface area contributed by atoms with Crippen molar-refractivity contribution >= 4 is 0 Å². The molecule has 1 atom stereocenters. The Morgan fingerprint density at radius 1 is 1.14 bits per heavy atom. The lowest BCUT2D eigenvalue weighted by molar-refractivity contribution is 0.140. The molecule has 29 heavy (non-hydrogen) atoms. The molecule has 1 saturated heterocycles. The van der Waals surface area contributed by atoms with Gasteiger partial charge in [-0.25, -0.2) is 0 Å². The highest BCUT2D eigenvalue weighted by molar-refractivity contribution is 5.37. The van der Waals surface area contributed by atoms with Gasteiger partial charge in [0.05, 0.1) is 12.7 Å². The zero-order valence-electron chi connectivity index (χ0n) is 17.7. The Hall–Kier alpha value is -1.88. The van der Waals surface area contributed by atoms with E-state index < -0.39 is 0 Å². The molecule has 4 heteroatoms. The Morgan fingerprint density at radius 3 is 2.59 bits per heavy atom. The SMILES string of the molecule is CC(C)Oc1ccc(CN[C@H]2CCCN(C3Cc4ccccc4C3)C2)cc1CO. The van der Waals surface area contributed by atoms with Gasteiger partial charge in [-0.3, -0.25) is 4.90 Å². The van der Waals surface area contributed by atoms with Gasteiger partial charge in [-0.05, 0) is 74.9 Å². The third kappa shape index (κ3) is 5.00. The normalized spacial score (nSPS) is 20.2. The standard InChI is InChI=1S/C25H34N2O2/c1-18(2)29-25-10-9-19(12-22(25)17-28)15-26-23-8-5-11-27(16-23)24-13-20-6-3-4-7-21(20)14-24/h3-4,6-7,9-10,12,18,23-24,26,28H,5,8,11,13-17H2,1-2H3/t23-/m0/s1. The van der Waals surface area contributed by atoms with Crippen LogP contribution in [0, 0.1) is 0 Å². The van der Waals surface area contributed by atoms with Gasteiger partial charge in [0.1, 0.15) is 5.75 Å². The summed E-state index contributed by atoms with van der Waals surface area (Å²) in [6.45, 7) is 7.20. The van der Waals surface area contributed by atoms with Crippen LogP contribution in [0.3, 0.4) is 0 Å². The molecule has 0 amide bonds. The lowest BCUT2D eigenvalue weighted by atomic mass is 10.0. The molecule has 1 fully saturated rings. The number of hydrogen-bond donors (Lipinski definition) is 2. The number of fused-ring (bicyclic) bond motifs is 1. The summed E-state index contributed by atoms with van der Waals surface area (Å²) in [6.07, 6.45) is 4.99. The molecule has 1 aliphatic heterocycles. The fourth-order valence-corrected chi connectivity index (χ4v) is 4.80. The van der Waals surface area contributed by atoms with Crippen LogP contribution in [-0.4, -0.2) is 41.3 Å². The maximum absolute atomic E-state index is 9.70. The second kappa shape index (κ2) is 9.29. The topological polar surface area (TPSA) is 44.7 Å². The number of aliphatic hydroxyl groups excluding tert-OH is 1. The summed E-state index contributed by atoms with van der Waals surface area (Å²) in [4.78, 5) is 2.69. The fourth-order valence-electron chi connectivity index (χ4n) is 4.80. The Kier molecular flexibility index (Phi) is 6.53. The van der Waals surface area contributed by atoms with Gasteiger partial charge in [-0.1, -0.05) is 30.3 Å². The zero-order valence-corrected chi connectivity index (χ0v) is 17.7. The smallest absolute Gasteiger partial charge is 0.125 e. The zero-order chi connectivity index (χ0) is 20.2. The molecular formula is C25H34N2O2.